The Morgan fingerprint density at radius 1 is 1.06 bits per heavy atom. The number of aromatic nitrogens is 1. The van der Waals surface area contributed by atoms with E-state index in [0.29, 0.717) is 26.3 Å². The number of benzene rings is 2. The molecule has 1 unspecified atom stereocenters. The Morgan fingerprint density at radius 3 is 2.45 bits per heavy atom. The van der Waals surface area contributed by atoms with E-state index in [1.165, 1.54) is 12.8 Å². The molecule has 1 aromatic heterocycles. The monoisotopic (exact) mass is 449 g/mol. The Kier molecular flexibility index (Phi) is 8.53. The number of hydrogen-bond donors (Lipinski definition) is 1. The molecule has 1 atom stereocenters. The van der Waals surface area contributed by atoms with Crippen LogP contribution in [0.3, 0.4) is 0 Å². The summed E-state index contributed by atoms with van der Waals surface area (Å²) in [5, 5.41) is 15.2. The molecule has 6 heteroatoms. The SMILES string of the molecule is CCCN(Cc1c(-c2ccccc2)noc1N1CCCC1)CC(O)COCc1ccccc1. The molecule has 0 saturated carbocycles. The van der Waals surface area contributed by atoms with Crippen molar-refractivity contribution in [2.45, 2.75) is 45.4 Å². The topological polar surface area (TPSA) is 62.0 Å². The first kappa shape index (κ1) is 23.5. The summed E-state index contributed by atoms with van der Waals surface area (Å²) in [7, 11) is 0. The molecule has 0 aliphatic carbocycles. The van der Waals surface area contributed by atoms with Gasteiger partial charge in [-0.05, 0) is 31.4 Å². The predicted molar refractivity (Wildman–Crippen MR) is 131 cm³/mol. The van der Waals surface area contributed by atoms with Gasteiger partial charge in [0.15, 0.2) is 0 Å². The molecule has 0 amide bonds. The molecule has 2 heterocycles. The number of ether oxygens (including phenoxy) is 1. The van der Waals surface area contributed by atoms with Crippen LogP contribution in [-0.2, 0) is 17.9 Å². The summed E-state index contributed by atoms with van der Waals surface area (Å²) in [6.45, 7) is 7.09. The summed E-state index contributed by atoms with van der Waals surface area (Å²) in [5.41, 5.74) is 4.18. The van der Waals surface area contributed by atoms with E-state index in [0.717, 1.165) is 54.3 Å². The van der Waals surface area contributed by atoms with Gasteiger partial charge in [0.1, 0.15) is 5.69 Å². The maximum absolute atomic E-state index is 10.7. The Labute approximate surface area is 196 Å². The molecule has 1 aliphatic heterocycles. The average molecular weight is 450 g/mol. The molecule has 176 valence electrons. The lowest BCUT2D eigenvalue weighted by Gasteiger charge is -2.26. The number of anilines is 1. The third kappa shape index (κ3) is 6.44. The first-order valence-corrected chi connectivity index (χ1v) is 12.1. The van der Waals surface area contributed by atoms with Crippen molar-refractivity contribution < 1.29 is 14.4 Å². The zero-order chi connectivity index (χ0) is 22.9. The second kappa shape index (κ2) is 12.0. The maximum atomic E-state index is 10.7. The molecule has 3 aromatic rings. The summed E-state index contributed by atoms with van der Waals surface area (Å²) in [4.78, 5) is 4.59. The summed E-state index contributed by atoms with van der Waals surface area (Å²) >= 11 is 0. The minimum atomic E-state index is -0.560. The quantitative estimate of drug-likeness (QED) is 0.431. The standard InChI is InChI=1S/C27H35N3O3/c1-2-15-29(18-24(31)21-32-20-22-11-5-3-6-12-22)19-25-26(23-13-7-4-8-14-23)28-33-27(25)30-16-9-10-17-30/h3-8,11-14,24,31H,2,9-10,15-21H2,1H3. The molecule has 1 N–H and O–H groups in total. The first-order chi connectivity index (χ1) is 16.2. The third-order valence-electron chi connectivity index (χ3n) is 6.02. The predicted octanol–water partition coefficient (Wildman–Crippen LogP) is 4.73. The molecule has 2 aromatic carbocycles. The second-order valence-corrected chi connectivity index (χ2v) is 8.76. The fourth-order valence-electron chi connectivity index (χ4n) is 4.45. The summed E-state index contributed by atoms with van der Waals surface area (Å²) in [6.07, 6.45) is 2.80. The Morgan fingerprint density at radius 2 is 1.76 bits per heavy atom. The molecule has 6 nitrogen and oxygen atoms in total. The maximum Gasteiger partial charge on any atom is 0.232 e. The smallest absolute Gasteiger partial charge is 0.232 e. The Hall–Kier alpha value is -2.67. The number of rotatable bonds is 12. The van der Waals surface area contributed by atoms with Crippen LogP contribution in [0.25, 0.3) is 11.3 Å². The van der Waals surface area contributed by atoms with E-state index in [4.69, 9.17) is 9.26 Å². The van der Waals surface area contributed by atoms with Gasteiger partial charge >= 0.3 is 0 Å². The van der Waals surface area contributed by atoms with E-state index in [-0.39, 0.29) is 0 Å². The van der Waals surface area contributed by atoms with Crippen LogP contribution in [0.5, 0.6) is 0 Å². The van der Waals surface area contributed by atoms with E-state index >= 15 is 0 Å². The van der Waals surface area contributed by atoms with E-state index in [1.807, 2.05) is 48.5 Å². The first-order valence-electron chi connectivity index (χ1n) is 12.1. The van der Waals surface area contributed by atoms with Gasteiger partial charge in [-0.15, -0.1) is 0 Å². The van der Waals surface area contributed by atoms with E-state index in [9.17, 15) is 5.11 Å². The molecule has 0 spiro atoms. The van der Waals surface area contributed by atoms with Gasteiger partial charge in [-0.2, -0.15) is 0 Å². The highest BCUT2D eigenvalue weighted by Crippen LogP contribution is 2.34. The van der Waals surface area contributed by atoms with Gasteiger partial charge < -0.3 is 19.3 Å². The van der Waals surface area contributed by atoms with Crippen molar-refractivity contribution >= 4 is 5.88 Å². The molecule has 0 bridgehead atoms. The summed E-state index contributed by atoms with van der Waals surface area (Å²) < 4.78 is 11.7. The Bertz CT molecular complexity index is 955. The van der Waals surface area contributed by atoms with Crippen LogP contribution < -0.4 is 4.90 Å². The molecule has 33 heavy (non-hydrogen) atoms. The van der Waals surface area contributed by atoms with Gasteiger partial charge in [0, 0.05) is 31.7 Å². The average Bonchev–Trinajstić information content (AvgIpc) is 3.50. The number of aliphatic hydroxyl groups is 1. The van der Waals surface area contributed by atoms with Crippen molar-refractivity contribution in [3.63, 3.8) is 0 Å². The highest BCUT2D eigenvalue weighted by molar-refractivity contribution is 5.68. The van der Waals surface area contributed by atoms with Crippen LogP contribution >= 0.6 is 0 Å². The van der Waals surface area contributed by atoms with Crippen LogP contribution in [-0.4, -0.2) is 54.1 Å². The minimum Gasteiger partial charge on any atom is -0.389 e. The molecule has 1 fully saturated rings. The number of aliphatic hydroxyl groups excluding tert-OH is 1. The molecule has 1 saturated heterocycles. The zero-order valence-corrected chi connectivity index (χ0v) is 19.5. The second-order valence-electron chi connectivity index (χ2n) is 8.76. The summed E-state index contributed by atoms with van der Waals surface area (Å²) in [6, 6.07) is 20.3. The van der Waals surface area contributed by atoms with Gasteiger partial charge in [0.25, 0.3) is 0 Å². The zero-order valence-electron chi connectivity index (χ0n) is 19.5. The van der Waals surface area contributed by atoms with Gasteiger partial charge in [-0.25, -0.2) is 0 Å². The third-order valence-corrected chi connectivity index (χ3v) is 6.02. The highest BCUT2D eigenvalue weighted by atomic mass is 16.5. The molecular weight excluding hydrogens is 414 g/mol. The van der Waals surface area contributed by atoms with E-state index in [2.05, 4.69) is 34.0 Å². The van der Waals surface area contributed by atoms with E-state index in [1.54, 1.807) is 0 Å². The van der Waals surface area contributed by atoms with Gasteiger partial charge in [0.2, 0.25) is 5.88 Å². The van der Waals surface area contributed by atoms with Crippen molar-refractivity contribution in [2.75, 3.05) is 37.7 Å². The van der Waals surface area contributed by atoms with Crippen LogP contribution in [0, 0.1) is 0 Å². The molecule has 0 radical (unpaired) electrons. The van der Waals surface area contributed by atoms with E-state index < -0.39 is 6.10 Å². The number of nitrogens with zero attached hydrogens (tertiary/aromatic N) is 3. The summed E-state index contributed by atoms with van der Waals surface area (Å²) in [5.74, 6) is 0.877. The molecule has 1 aliphatic rings. The Balaban J connectivity index is 1.45. The lowest BCUT2D eigenvalue weighted by atomic mass is 10.1. The van der Waals surface area contributed by atoms with Crippen molar-refractivity contribution in [1.82, 2.24) is 10.1 Å². The van der Waals surface area contributed by atoms with Crippen molar-refractivity contribution in [1.29, 1.82) is 0 Å². The van der Waals surface area contributed by atoms with Crippen LogP contribution in [0.4, 0.5) is 5.88 Å². The fraction of sp³-hybridized carbons (Fsp3) is 0.444. The molecular formula is C27H35N3O3. The lowest BCUT2D eigenvalue weighted by Crippen LogP contribution is -2.35. The van der Waals surface area contributed by atoms with Gasteiger partial charge in [-0.1, -0.05) is 72.7 Å². The van der Waals surface area contributed by atoms with Gasteiger partial charge in [0.05, 0.1) is 24.9 Å². The largest absolute Gasteiger partial charge is 0.389 e. The number of hydrogen-bond acceptors (Lipinski definition) is 6. The van der Waals surface area contributed by atoms with Gasteiger partial charge in [-0.3, -0.25) is 4.90 Å². The van der Waals surface area contributed by atoms with Crippen LogP contribution in [0.1, 0.15) is 37.3 Å². The van der Waals surface area contributed by atoms with Crippen molar-refractivity contribution in [3.8, 4) is 11.3 Å². The highest BCUT2D eigenvalue weighted by Gasteiger charge is 2.26. The van der Waals surface area contributed by atoms with Crippen molar-refractivity contribution in [3.05, 3.63) is 71.8 Å². The molecule has 4 rings (SSSR count). The minimum absolute atomic E-state index is 0.309. The normalized spacial score (nSPS) is 14.8. The lowest BCUT2D eigenvalue weighted by molar-refractivity contribution is 0.00858. The van der Waals surface area contributed by atoms with Crippen LogP contribution in [0.2, 0.25) is 0 Å². The fourth-order valence-corrected chi connectivity index (χ4v) is 4.45. The van der Waals surface area contributed by atoms with Crippen LogP contribution in [0.15, 0.2) is 65.2 Å². The van der Waals surface area contributed by atoms with Crippen molar-refractivity contribution in [2.24, 2.45) is 0 Å².